The number of pyridine rings is 1. The van der Waals surface area contributed by atoms with Gasteiger partial charge >= 0.3 is 5.97 Å². The summed E-state index contributed by atoms with van der Waals surface area (Å²) in [5.41, 5.74) is 0.961. The molecule has 1 aromatic rings. The minimum atomic E-state index is -0.987. The molecule has 1 heterocycles. The Morgan fingerprint density at radius 2 is 2.13 bits per heavy atom. The lowest BCUT2D eigenvalue weighted by Gasteiger charge is -2.02. The summed E-state index contributed by atoms with van der Waals surface area (Å²) < 4.78 is 4.90. The van der Waals surface area contributed by atoms with Gasteiger partial charge < -0.3 is 9.84 Å². The van der Waals surface area contributed by atoms with Crippen LogP contribution in [0.3, 0.4) is 0 Å². The van der Waals surface area contributed by atoms with Crippen LogP contribution in [-0.4, -0.2) is 22.7 Å². The Morgan fingerprint density at radius 1 is 1.47 bits per heavy atom. The zero-order chi connectivity index (χ0) is 11.7. The summed E-state index contributed by atoms with van der Waals surface area (Å²) in [6, 6.07) is 3.53. The first kappa shape index (κ1) is 13.4. The first-order valence-electron chi connectivity index (χ1n) is 5.02. The molecule has 0 aromatic carbocycles. The van der Waals surface area contributed by atoms with E-state index in [-0.39, 0.29) is 6.61 Å². The quantitative estimate of drug-likeness (QED) is 0.828. The summed E-state index contributed by atoms with van der Waals surface area (Å²) in [6.07, 6.45) is 2.39. The van der Waals surface area contributed by atoms with Gasteiger partial charge in [0.05, 0.1) is 6.20 Å². The van der Waals surface area contributed by atoms with Crippen molar-refractivity contribution >= 4 is 5.97 Å². The van der Waals surface area contributed by atoms with Crippen LogP contribution in [0.4, 0.5) is 0 Å². The Balaban J connectivity index is 0.000000921. The van der Waals surface area contributed by atoms with E-state index in [1.807, 2.05) is 26.8 Å². The third kappa shape index (κ3) is 5.67. The molecule has 4 nitrogen and oxygen atoms in total. The van der Waals surface area contributed by atoms with Crippen molar-refractivity contribution < 1.29 is 14.6 Å². The molecule has 1 aromatic heterocycles. The highest BCUT2D eigenvalue weighted by molar-refractivity contribution is 5.68. The molecule has 0 aliphatic rings. The molecule has 0 fully saturated rings. The highest BCUT2D eigenvalue weighted by Crippen LogP contribution is 2.08. The molecule has 0 aliphatic heterocycles. The molecule has 0 saturated heterocycles. The second-order valence-electron chi connectivity index (χ2n) is 2.52. The first-order chi connectivity index (χ1) is 7.22. The maximum absolute atomic E-state index is 10.2. The molecular weight excluding hydrogens is 194 g/mol. The maximum atomic E-state index is 10.2. The Bertz CT molecular complexity index is 282. The van der Waals surface area contributed by atoms with E-state index >= 15 is 0 Å². The number of carboxylic acid groups (broad SMARTS) is 1. The Hall–Kier alpha value is -1.58. The summed E-state index contributed by atoms with van der Waals surface area (Å²) in [5, 5.41) is 8.33. The normalized spacial score (nSPS) is 8.73. The highest BCUT2D eigenvalue weighted by Gasteiger charge is 1.98. The largest absolute Gasteiger partial charge is 0.480 e. The van der Waals surface area contributed by atoms with Crippen molar-refractivity contribution in [3.63, 3.8) is 0 Å². The van der Waals surface area contributed by atoms with E-state index in [1.54, 1.807) is 6.07 Å². The molecule has 0 radical (unpaired) electrons. The van der Waals surface area contributed by atoms with Crippen LogP contribution in [0.25, 0.3) is 0 Å². The Kier molecular flexibility index (Phi) is 6.97. The number of ether oxygens (including phenoxy) is 1. The van der Waals surface area contributed by atoms with E-state index in [9.17, 15) is 4.79 Å². The lowest BCUT2D eigenvalue weighted by molar-refractivity contribution is -0.139. The summed E-state index contributed by atoms with van der Waals surface area (Å²) >= 11 is 0. The second kappa shape index (κ2) is 7.79. The molecule has 0 amide bonds. The molecule has 1 N–H and O–H groups in total. The van der Waals surface area contributed by atoms with Gasteiger partial charge in [-0.25, -0.2) is 4.79 Å². The van der Waals surface area contributed by atoms with Crippen LogP contribution in [0.15, 0.2) is 18.3 Å². The fraction of sp³-hybridized carbons (Fsp3) is 0.455. The van der Waals surface area contributed by atoms with E-state index in [0.717, 1.165) is 12.1 Å². The topological polar surface area (TPSA) is 59.4 Å². The average molecular weight is 211 g/mol. The standard InChI is InChI=1S/C9H11NO3.C2H6/c1-2-7-3-4-8(5-10-7)13-6-9(11)12;1-2/h3-5H,2,6H2,1H3,(H,11,12);1-2H3. The number of aromatic nitrogens is 1. The van der Waals surface area contributed by atoms with E-state index in [2.05, 4.69) is 4.98 Å². The van der Waals surface area contributed by atoms with Gasteiger partial charge in [-0.2, -0.15) is 0 Å². The number of rotatable bonds is 4. The molecule has 4 heteroatoms. The molecule has 0 spiro atoms. The number of hydrogen-bond acceptors (Lipinski definition) is 3. The number of aliphatic carboxylic acids is 1. The minimum absolute atomic E-state index is 0.326. The smallest absolute Gasteiger partial charge is 0.341 e. The first-order valence-corrected chi connectivity index (χ1v) is 5.02. The van der Waals surface area contributed by atoms with Gasteiger partial charge in [0.1, 0.15) is 5.75 Å². The van der Waals surface area contributed by atoms with Crippen LogP contribution in [-0.2, 0) is 11.2 Å². The van der Waals surface area contributed by atoms with Crippen molar-refractivity contribution in [2.45, 2.75) is 27.2 Å². The van der Waals surface area contributed by atoms with Crippen molar-refractivity contribution in [2.75, 3.05) is 6.61 Å². The van der Waals surface area contributed by atoms with Gasteiger partial charge in [0.15, 0.2) is 6.61 Å². The molecular formula is C11H17NO3. The third-order valence-electron chi connectivity index (χ3n) is 1.52. The van der Waals surface area contributed by atoms with Crippen LogP contribution in [0.1, 0.15) is 26.5 Å². The van der Waals surface area contributed by atoms with Crippen molar-refractivity contribution in [2.24, 2.45) is 0 Å². The van der Waals surface area contributed by atoms with Gasteiger partial charge in [-0.3, -0.25) is 4.98 Å². The van der Waals surface area contributed by atoms with Crippen LogP contribution in [0.2, 0.25) is 0 Å². The van der Waals surface area contributed by atoms with Gasteiger partial charge in [-0.05, 0) is 18.6 Å². The molecule has 0 atom stereocenters. The SMILES string of the molecule is CC.CCc1ccc(OCC(=O)O)cn1. The molecule has 1 rings (SSSR count). The van der Waals surface area contributed by atoms with Crippen LogP contribution in [0.5, 0.6) is 5.75 Å². The van der Waals surface area contributed by atoms with Crippen molar-refractivity contribution in [3.8, 4) is 5.75 Å². The van der Waals surface area contributed by atoms with Gasteiger partial charge in [0, 0.05) is 5.69 Å². The lowest BCUT2D eigenvalue weighted by atomic mass is 10.3. The van der Waals surface area contributed by atoms with Crippen molar-refractivity contribution in [1.29, 1.82) is 0 Å². The predicted molar refractivity (Wildman–Crippen MR) is 58.1 cm³/mol. The van der Waals surface area contributed by atoms with Gasteiger partial charge in [-0.1, -0.05) is 20.8 Å². The fourth-order valence-electron chi connectivity index (χ4n) is 0.851. The van der Waals surface area contributed by atoms with Crippen LogP contribution < -0.4 is 4.74 Å². The summed E-state index contributed by atoms with van der Waals surface area (Å²) in [6.45, 7) is 5.67. The molecule has 15 heavy (non-hydrogen) atoms. The number of carboxylic acids is 1. The van der Waals surface area contributed by atoms with Crippen LogP contribution in [0, 0.1) is 0 Å². The van der Waals surface area contributed by atoms with Gasteiger partial charge in [0.25, 0.3) is 0 Å². The maximum Gasteiger partial charge on any atom is 0.341 e. The molecule has 0 bridgehead atoms. The summed E-state index contributed by atoms with van der Waals surface area (Å²) in [7, 11) is 0. The van der Waals surface area contributed by atoms with Crippen molar-refractivity contribution in [3.05, 3.63) is 24.0 Å². The minimum Gasteiger partial charge on any atom is -0.480 e. The number of aryl methyl sites for hydroxylation is 1. The third-order valence-corrected chi connectivity index (χ3v) is 1.52. The average Bonchev–Trinajstić information content (AvgIpc) is 2.30. The molecule has 0 aliphatic carbocycles. The Morgan fingerprint density at radius 3 is 2.53 bits per heavy atom. The van der Waals surface area contributed by atoms with E-state index in [1.165, 1.54) is 6.20 Å². The monoisotopic (exact) mass is 211 g/mol. The van der Waals surface area contributed by atoms with E-state index in [0.29, 0.717) is 5.75 Å². The Labute approximate surface area is 89.9 Å². The highest BCUT2D eigenvalue weighted by atomic mass is 16.5. The number of carbonyl (C=O) groups is 1. The zero-order valence-corrected chi connectivity index (χ0v) is 9.36. The number of hydrogen-bond donors (Lipinski definition) is 1. The summed E-state index contributed by atoms with van der Waals surface area (Å²) in [5.74, 6) is -0.501. The molecule has 84 valence electrons. The second-order valence-corrected chi connectivity index (χ2v) is 2.52. The predicted octanol–water partition coefficient (Wildman–Crippen LogP) is 2.13. The van der Waals surface area contributed by atoms with Gasteiger partial charge in [0.2, 0.25) is 0 Å². The van der Waals surface area contributed by atoms with E-state index < -0.39 is 5.97 Å². The van der Waals surface area contributed by atoms with E-state index in [4.69, 9.17) is 9.84 Å². The molecule has 0 unspecified atom stereocenters. The van der Waals surface area contributed by atoms with Crippen LogP contribution >= 0.6 is 0 Å². The lowest BCUT2D eigenvalue weighted by Crippen LogP contribution is -2.09. The fourth-order valence-corrected chi connectivity index (χ4v) is 0.851. The van der Waals surface area contributed by atoms with Crippen molar-refractivity contribution in [1.82, 2.24) is 4.98 Å². The van der Waals surface area contributed by atoms with Gasteiger partial charge in [-0.15, -0.1) is 0 Å². The summed E-state index contributed by atoms with van der Waals surface area (Å²) in [4.78, 5) is 14.2. The zero-order valence-electron chi connectivity index (χ0n) is 9.36. The molecule has 0 saturated carbocycles. The number of nitrogens with zero attached hydrogens (tertiary/aromatic N) is 1.